The predicted octanol–water partition coefficient (Wildman–Crippen LogP) is 3.39. The van der Waals surface area contributed by atoms with E-state index in [0.29, 0.717) is 23.7 Å². The minimum absolute atomic E-state index is 0.345. The Balaban J connectivity index is 1.89. The molecule has 0 bridgehead atoms. The van der Waals surface area contributed by atoms with Crippen LogP contribution in [0.5, 0.6) is 0 Å². The van der Waals surface area contributed by atoms with Crippen molar-refractivity contribution in [3.63, 3.8) is 0 Å². The Hall–Kier alpha value is -2.40. The zero-order valence-electron chi connectivity index (χ0n) is 12.9. The van der Waals surface area contributed by atoms with Gasteiger partial charge in [-0.3, -0.25) is 4.98 Å². The number of carbonyl (C=O) groups excluding carboxylic acids is 1. The molecule has 0 saturated heterocycles. The number of aromatic nitrogens is 3. The first-order valence-corrected chi connectivity index (χ1v) is 7.68. The highest BCUT2D eigenvalue weighted by atomic mass is 35.5. The van der Waals surface area contributed by atoms with Crippen molar-refractivity contribution in [2.75, 3.05) is 6.61 Å². The molecule has 2 aromatic heterocycles. The molecule has 1 aromatic carbocycles. The summed E-state index contributed by atoms with van der Waals surface area (Å²) in [5.74, 6) is 0.436. The Bertz CT molecular complexity index is 873. The Morgan fingerprint density at radius 3 is 2.87 bits per heavy atom. The highest BCUT2D eigenvalue weighted by molar-refractivity contribution is 6.31. The van der Waals surface area contributed by atoms with Crippen LogP contribution in [0, 0.1) is 0 Å². The van der Waals surface area contributed by atoms with Crippen LogP contribution in [0.1, 0.15) is 28.8 Å². The van der Waals surface area contributed by atoms with Crippen molar-refractivity contribution < 1.29 is 9.53 Å². The van der Waals surface area contributed by atoms with E-state index in [1.807, 2.05) is 31.3 Å². The van der Waals surface area contributed by atoms with Crippen molar-refractivity contribution >= 4 is 28.5 Å². The lowest BCUT2D eigenvalue weighted by molar-refractivity contribution is 0.0515. The Kier molecular flexibility index (Phi) is 4.30. The second kappa shape index (κ2) is 6.38. The number of ether oxygens (including phenoxy) is 1. The van der Waals surface area contributed by atoms with Crippen molar-refractivity contribution in [3.8, 4) is 0 Å². The highest BCUT2D eigenvalue weighted by Crippen LogP contribution is 2.20. The summed E-state index contributed by atoms with van der Waals surface area (Å²) in [6, 6.07) is 7.88. The summed E-state index contributed by atoms with van der Waals surface area (Å²) in [5.41, 5.74) is 2.42. The van der Waals surface area contributed by atoms with Crippen LogP contribution in [-0.2, 0) is 18.2 Å². The number of halogens is 1. The standard InChI is InChI=1S/C17H16ClN3O2/c1-3-23-17(22)15-10-20-16(21(15)2)7-11-4-5-14-12(6-11)8-13(18)9-19-14/h4-6,8-10H,3,7H2,1-2H3. The molecule has 0 N–H and O–H groups in total. The first-order chi connectivity index (χ1) is 11.1. The summed E-state index contributed by atoms with van der Waals surface area (Å²) in [5, 5.41) is 1.59. The van der Waals surface area contributed by atoms with Gasteiger partial charge in [0.05, 0.1) is 23.3 Å². The molecule has 0 aliphatic rings. The van der Waals surface area contributed by atoms with Gasteiger partial charge in [-0.25, -0.2) is 9.78 Å². The van der Waals surface area contributed by atoms with E-state index in [4.69, 9.17) is 16.3 Å². The molecule has 5 nitrogen and oxygen atoms in total. The van der Waals surface area contributed by atoms with Crippen LogP contribution in [-0.4, -0.2) is 27.1 Å². The van der Waals surface area contributed by atoms with E-state index in [0.717, 1.165) is 22.3 Å². The number of hydrogen-bond acceptors (Lipinski definition) is 4. The van der Waals surface area contributed by atoms with E-state index < -0.39 is 0 Å². The Labute approximate surface area is 138 Å². The monoisotopic (exact) mass is 329 g/mol. The Morgan fingerprint density at radius 2 is 2.09 bits per heavy atom. The molecule has 0 saturated carbocycles. The SMILES string of the molecule is CCOC(=O)c1cnc(Cc2ccc3ncc(Cl)cc3c2)n1C. The summed E-state index contributed by atoms with van der Waals surface area (Å²) in [6.45, 7) is 2.13. The fraction of sp³-hybridized carbons (Fsp3) is 0.235. The minimum atomic E-state index is -0.358. The molecular formula is C17H16ClN3O2. The summed E-state index contributed by atoms with van der Waals surface area (Å²) < 4.78 is 6.78. The molecular weight excluding hydrogens is 314 g/mol. The number of nitrogens with zero attached hydrogens (tertiary/aromatic N) is 3. The number of rotatable bonds is 4. The third kappa shape index (κ3) is 3.19. The van der Waals surface area contributed by atoms with Gasteiger partial charge in [-0.05, 0) is 30.7 Å². The van der Waals surface area contributed by atoms with E-state index in [9.17, 15) is 4.79 Å². The van der Waals surface area contributed by atoms with Crippen molar-refractivity contribution in [3.05, 3.63) is 58.8 Å². The summed E-state index contributed by atoms with van der Waals surface area (Å²) in [6.07, 6.45) is 3.79. The molecule has 0 radical (unpaired) electrons. The number of esters is 1. The quantitative estimate of drug-likeness (QED) is 0.688. The molecule has 3 rings (SSSR count). The molecule has 0 atom stereocenters. The van der Waals surface area contributed by atoms with Gasteiger partial charge in [0.15, 0.2) is 0 Å². The number of hydrogen-bond donors (Lipinski definition) is 0. The molecule has 2 heterocycles. The van der Waals surface area contributed by atoms with Crippen LogP contribution in [0.25, 0.3) is 10.9 Å². The highest BCUT2D eigenvalue weighted by Gasteiger charge is 2.15. The third-order valence-electron chi connectivity index (χ3n) is 3.64. The van der Waals surface area contributed by atoms with Gasteiger partial charge in [-0.15, -0.1) is 0 Å². The second-order valence-electron chi connectivity index (χ2n) is 5.20. The molecule has 6 heteroatoms. The summed E-state index contributed by atoms with van der Waals surface area (Å²) >= 11 is 5.99. The summed E-state index contributed by atoms with van der Waals surface area (Å²) in [7, 11) is 1.81. The number of imidazole rings is 1. The maximum atomic E-state index is 11.8. The maximum absolute atomic E-state index is 11.8. The van der Waals surface area contributed by atoms with E-state index in [1.54, 1.807) is 23.9 Å². The van der Waals surface area contributed by atoms with Crippen LogP contribution in [0.2, 0.25) is 5.02 Å². The van der Waals surface area contributed by atoms with Crippen LogP contribution in [0.15, 0.2) is 36.7 Å². The van der Waals surface area contributed by atoms with Gasteiger partial charge in [0.1, 0.15) is 11.5 Å². The van der Waals surface area contributed by atoms with Gasteiger partial charge in [0.2, 0.25) is 0 Å². The minimum Gasteiger partial charge on any atom is -0.461 e. The van der Waals surface area contributed by atoms with E-state index in [-0.39, 0.29) is 5.97 Å². The lowest BCUT2D eigenvalue weighted by atomic mass is 10.1. The fourth-order valence-corrected chi connectivity index (χ4v) is 2.62. The smallest absolute Gasteiger partial charge is 0.356 e. The van der Waals surface area contributed by atoms with Gasteiger partial charge in [-0.2, -0.15) is 0 Å². The number of fused-ring (bicyclic) bond motifs is 1. The molecule has 0 unspecified atom stereocenters. The van der Waals surface area contributed by atoms with Crippen molar-refractivity contribution in [2.24, 2.45) is 7.05 Å². The average molecular weight is 330 g/mol. The normalized spacial score (nSPS) is 10.9. The average Bonchev–Trinajstić information content (AvgIpc) is 2.88. The lowest BCUT2D eigenvalue weighted by Crippen LogP contribution is -2.11. The van der Waals surface area contributed by atoms with Gasteiger partial charge in [0.25, 0.3) is 0 Å². The molecule has 0 fully saturated rings. The van der Waals surface area contributed by atoms with Gasteiger partial charge in [-0.1, -0.05) is 17.7 Å². The molecule has 0 aliphatic heterocycles. The topological polar surface area (TPSA) is 57.0 Å². The van der Waals surface area contributed by atoms with Gasteiger partial charge in [0, 0.05) is 25.1 Å². The molecule has 3 aromatic rings. The van der Waals surface area contributed by atoms with Crippen molar-refractivity contribution in [2.45, 2.75) is 13.3 Å². The number of carbonyl (C=O) groups is 1. The summed E-state index contributed by atoms with van der Waals surface area (Å²) in [4.78, 5) is 20.5. The molecule has 0 amide bonds. The molecule has 118 valence electrons. The third-order valence-corrected chi connectivity index (χ3v) is 3.85. The number of benzene rings is 1. The van der Waals surface area contributed by atoms with E-state index in [2.05, 4.69) is 9.97 Å². The van der Waals surface area contributed by atoms with Gasteiger partial charge < -0.3 is 9.30 Å². The van der Waals surface area contributed by atoms with Crippen LogP contribution >= 0.6 is 11.6 Å². The van der Waals surface area contributed by atoms with E-state index >= 15 is 0 Å². The molecule has 0 aliphatic carbocycles. The number of pyridine rings is 1. The zero-order valence-corrected chi connectivity index (χ0v) is 13.7. The van der Waals surface area contributed by atoms with Gasteiger partial charge >= 0.3 is 5.97 Å². The predicted molar refractivity (Wildman–Crippen MR) is 88.7 cm³/mol. The van der Waals surface area contributed by atoms with Crippen LogP contribution < -0.4 is 0 Å². The second-order valence-corrected chi connectivity index (χ2v) is 5.63. The maximum Gasteiger partial charge on any atom is 0.356 e. The van der Waals surface area contributed by atoms with E-state index in [1.165, 1.54) is 0 Å². The van der Waals surface area contributed by atoms with Crippen LogP contribution in [0.4, 0.5) is 0 Å². The van der Waals surface area contributed by atoms with Crippen LogP contribution in [0.3, 0.4) is 0 Å². The first kappa shape index (κ1) is 15.5. The zero-order chi connectivity index (χ0) is 16.4. The largest absolute Gasteiger partial charge is 0.461 e. The van der Waals surface area contributed by atoms with Crippen molar-refractivity contribution in [1.82, 2.24) is 14.5 Å². The Morgan fingerprint density at radius 1 is 1.26 bits per heavy atom. The lowest BCUT2D eigenvalue weighted by Gasteiger charge is -2.07. The molecule has 23 heavy (non-hydrogen) atoms. The first-order valence-electron chi connectivity index (χ1n) is 7.30. The fourth-order valence-electron chi connectivity index (χ4n) is 2.45. The van der Waals surface area contributed by atoms with Crippen molar-refractivity contribution in [1.29, 1.82) is 0 Å². The molecule has 0 spiro atoms.